The summed E-state index contributed by atoms with van der Waals surface area (Å²) in [5.41, 5.74) is 2.87. The van der Waals surface area contributed by atoms with Crippen LogP contribution >= 0.6 is 0 Å². The third-order valence-corrected chi connectivity index (χ3v) is 8.86. The van der Waals surface area contributed by atoms with Gasteiger partial charge in [-0.2, -0.15) is 0 Å². The van der Waals surface area contributed by atoms with Crippen molar-refractivity contribution in [1.82, 2.24) is 0 Å². The molecule has 0 aliphatic carbocycles. The van der Waals surface area contributed by atoms with Gasteiger partial charge >= 0.3 is 0 Å². The summed E-state index contributed by atoms with van der Waals surface area (Å²) in [6.07, 6.45) is 7.47. The summed E-state index contributed by atoms with van der Waals surface area (Å²) in [6, 6.07) is 29.1. The molecule has 6 unspecified atom stereocenters. The van der Waals surface area contributed by atoms with Crippen molar-refractivity contribution in [2.75, 3.05) is 19.8 Å². The van der Waals surface area contributed by atoms with Crippen LogP contribution in [0.4, 0.5) is 0 Å². The van der Waals surface area contributed by atoms with E-state index < -0.39 is 43.6 Å². The van der Waals surface area contributed by atoms with E-state index in [4.69, 9.17) is 49.4 Å². The number of ether oxygens (including phenoxy) is 8. The Balaban J connectivity index is 0.000000149. The molecule has 0 aromatic heterocycles. The first kappa shape index (κ1) is 39.2. The zero-order chi connectivity index (χ0) is 35.6. The van der Waals surface area contributed by atoms with Gasteiger partial charge in [0.1, 0.15) is 49.3 Å². The maximum absolute atomic E-state index is 9.85. The molecule has 0 amide bonds. The van der Waals surface area contributed by atoms with E-state index in [9.17, 15) is 10.2 Å². The number of aliphatic hydroxyl groups is 3. The first-order valence-corrected chi connectivity index (χ1v) is 17.0. The van der Waals surface area contributed by atoms with Gasteiger partial charge in [0.25, 0.3) is 0 Å². The summed E-state index contributed by atoms with van der Waals surface area (Å²) in [5.74, 6) is 2.75. The number of aliphatic hydroxyl groups excluding tert-OH is 3. The number of hydrogen-bond acceptors (Lipinski definition) is 11. The summed E-state index contributed by atoms with van der Waals surface area (Å²) in [6.45, 7) is 2.64. The molecule has 3 fully saturated rings. The van der Waals surface area contributed by atoms with Crippen LogP contribution in [-0.4, -0.2) is 84.0 Å². The van der Waals surface area contributed by atoms with E-state index in [1.807, 2.05) is 97.1 Å². The Morgan fingerprint density at radius 1 is 0.673 bits per heavy atom. The molecule has 3 saturated heterocycles. The molecule has 5 aliphatic rings. The molecule has 278 valence electrons. The van der Waals surface area contributed by atoms with E-state index in [-0.39, 0.29) is 44.7 Å². The van der Waals surface area contributed by atoms with Crippen LogP contribution < -0.4 is 0 Å². The fourth-order valence-electron chi connectivity index (χ4n) is 6.13. The zero-order valence-electron chi connectivity index (χ0n) is 28.2. The molecule has 52 heavy (non-hydrogen) atoms. The normalized spacial score (nSPS) is 33.3. The highest BCUT2D eigenvalue weighted by atomic mass is 16.7. The van der Waals surface area contributed by atoms with Gasteiger partial charge in [0, 0.05) is 22.6 Å². The molecule has 5 heterocycles. The number of fused-ring (bicyclic) bond motifs is 2. The van der Waals surface area contributed by atoms with Crippen molar-refractivity contribution in [2.45, 2.75) is 82.1 Å². The van der Waals surface area contributed by atoms with Crippen LogP contribution in [0.15, 0.2) is 116 Å². The molecule has 8 rings (SSSR count). The zero-order valence-corrected chi connectivity index (χ0v) is 28.2. The van der Waals surface area contributed by atoms with Gasteiger partial charge in [-0.3, -0.25) is 0 Å². The third kappa shape index (κ3) is 9.67. The third-order valence-electron chi connectivity index (χ3n) is 8.86. The fraction of sp³-hybridized carbons (Fsp3) is 0.415. The predicted octanol–water partition coefficient (Wildman–Crippen LogP) is 5.11. The fourth-order valence-corrected chi connectivity index (χ4v) is 6.13. The van der Waals surface area contributed by atoms with Crippen LogP contribution in [-0.2, 0) is 37.9 Å². The molecule has 5 aliphatic heterocycles. The highest BCUT2D eigenvalue weighted by Crippen LogP contribution is 2.37. The summed E-state index contributed by atoms with van der Waals surface area (Å²) in [4.78, 5) is 0. The number of benzene rings is 3. The lowest BCUT2D eigenvalue weighted by molar-refractivity contribution is -0.0923. The van der Waals surface area contributed by atoms with E-state index in [1.54, 1.807) is 18.6 Å². The lowest BCUT2D eigenvalue weighted by Crippen LogP contribution is -2.36. The Hall–Kier alpha value is -4.06. The van der Waals surface area contributed by atoms with Crippen molar-refractivity contribution in [1.29, 1.82) is 0 Å². The highest BCUT2D eigenvalue weighted by Gasteiger charge is 2.42. The van der Waals surface area contributed by atoms with Crippen molar-refractivity contribution in [3.8, 4) is 12.3 Å². The lowest BCUT2D eigenvalue weighted by atomic mass is 10.0. The Morgan fingerprint density at radius 2 is 1.13 bits per heavy atom. The molecule has 11 nitrogen and oxygen atoms in total. The van der Waals surface area contributed by atoms with Gasteiger partial charge in [-0.25, -0.2) is 0 Å². The average Bonchev–Trinajstić information content (AvgIpc) is 3.89. The van der Waals surface area contributed by atoms with Crippen molar-refractivity contribution >= 4 is 0 Å². The van der Waals surface area contributed by atoms with Crippen molar-refractivity contribution < 1.29 is 53.2 Å². The minimum absolute atomic E-state index is 0. The second-order valence-corrected chi connectivity index (χ2v) is 12.6. The molecule has 0 radical (unpaired) electrons. The average molecular weight is 717 g/mol. The monoisotopic (exact) mass is 716 g/mol. The van der Waals surface area contributed by atoms with Gasteiger partial charge in [-0.15, -0.1) is 6.42 Å². The van der Waals surface area contributed by atoms with Crippen LogP contribution in [0.1, 0.15) is 49.9 Å². The van der Waals surface area contributed by atoms with Gasteiger partial charge in [-0.05, 0) is 12.2 Å². The van der Waals surface area contributed by atoms with E-state index in [1.165, 1.54) is 0 Å². The second kappa shape index (κ2) is 19.1. The quantitative estimate of drug-likeness (QED) is 0.304. The van der Waals surface area contributed by atoms with Gasteiger partial charge in [-0.1, -0.05) is 111 Å². The molecular weight excluding hydrogens is 668 g/mol. The Labute approximate surface area is 305 Å². The summed E-state index contributed by atoms with van der Waals surface area (Å²) in [5, 5.41) is 28.3. The first-order chi connectivity index (χ1) is 24.9. The van der Waals surface area contributed by atoms with Crippen molar-refractivity contribution in [3.05, 3.63) is 132 Å². The van der Waals surface area contributed by atoms with Crippen molar-refractivity contribution in [2.24, 2.45) is 5.92 Å². The van der Waals surface area contributed by atoms with Crippen molar-refractivity contribution in [3.63, 3.8) is 0 Å². The van der Waals surface area contributed by atoms with E-state index in [2.05, 4.69) is 12.8 Å². The molecule has 11 heteroatoms. The summed E-state index contributed by atoms with van der Waals surface area (Å²) < 4.78 is 44.9. The van der Waals surface area contributed by atoms with Crippen LogP contribution in [0, 0.1) is 18.3 Å². The molecule has 0 bridgehead atoms. The lowest BCUT2D eigenvalue weighted by Gasteiger charge is -2.18. The largest absolute Gasteiger partial charge is 0.501 e. The van der Waals surface area contributed by atoms with Crippen LogP contribution in [0.2, 0.25) is 0 Å². The highest BCUT2D eigenvalue weighted by molar-refractivity contribution is 5.20. The summed E-state index contributed by atoms with van der Waals surface area (Å²) >= 11 is 0. The number of rotatable bonds is 5. The molecule has 3 aromatic rings. The van der Waals surface area contributed by atoms with Gasteiger partial charge < -0.3 is 53.2 Å². The van der Waals surface area contributed by atoms with Gasteiger partial charge in [0.05, 0.1) is 31.8 Å². The van der Waals surface area contributed by atoms with Crippen LogP contribution in [0.3, 0.4) is 0 Å². The molecule has 12 atom stereocenters. The second-order valence-electron chi connectivity index (χ2n) is 12.6. The van der Waals surface area contributed by atoms with Gasteiger partial charge in [0.2, 0.25) is 0 Å². The molecule has 3 aromatic carbocycles. The standard InChI is InChI=1S/C14H16O3.2C13H14O4.CH4/c1-10-9-15-8-7-12-13(10)17-14(16-12)11-5-3-2-4-6-11;14-10-8-15-7-6-11-12(10)17-13(16-11)9-4-2-1-3-5-9;1-2-11-12(10(15)8-14)17-13(16-11)9-6-4-3-5-7-9;/h2-8,10,12-14H,9H2,1H3;1-7,10-14H,8H2;1,3-7,10-15H,8H2;1H4/t10-,12?,13-,14?;2*10-,11?,12-,13?;/m111./s1. The van der Waals surface area contributed by atoms with Crippen LogP contribution in [0.25, 0.3) is 0 Å². The Morgan fingerprint density at radius 3 is 1.63 bits per heavy atom. The number of hydrogen-bond donors (Lipinski definition) is 3. The van der Waals surface area contributed by atoms with E-state index >= 15 is 0 Å². The minimum atomic E-state index is -1.04. The van der Waals surface area contributed by atoms with E-state index in [0.29, 0.717) is 12.5 Å². The van der Waals surface area contributed by atoms with E-state index in [0.717, 1.165) is 16.7 Å². The predicted molar refractivity (Wildman–Crippen MR) is 191 cm³/mol. The maximum Gasteiger partial charge on any atom is 0.186 e. The minimum Gasteiger partial charge on any atom is -0.501 e. The Bertz CT molecular complexity index is 1500. The SMILES string of the molecule is C.C#CC1OC(c2ccccc2)O[C@@H]1[C@H](O)CO.C[C@@H]1COC=CC2OC(c3ccccc3)O[C@@H]21.O[C@@H]1COC=CC2OC(c3ccccc3)O[C@@H]21. The Kier molecular flexibility index (Phi) is 14.4. The molecule has 0 spiro atoms. The molecule has 0 saturated carbocycles. The number of terminal acetylenes is 1. The smallest absolute Gasteiger partial charge is 0.186 e. The van der Waals surface area contributed by atoms with Crippen LogP contribution in [0.5, 0.6) is 0 Å². The maximum atomic E-state index is 9.85. The molecular formula is C41H48O11. The topological polar surface area (TPSA) is 135 Å². The molecule has 3 N–H and O–H groups in total. The van der Waals surface area contributed by atoms with Gasteiger partial charge in [0.15, 0.2) is 18.9 Å². The summed E-state index contributed by atoms with van der Waals surface area (Å²) in [7, 11) is 0. The first-order valence-electron chi connectivity index (χ1n) is 17.0.